The van der Waals surface area contributed by atoms with Crippen LogP contribution in [0.1, 0.15) is 19.3 Å². The van der Waals surface area contributed by atoms with Crippen LogP contribution in [0.5, 0.6) is 0 Å². The summed E-state index contributed by atoms with van der Waals surface area (Å²) in [6.45, 7) is 2.23. The Labute approximate surface area is 105 Å². The summed E-state index contributed by atoms with van der Waals surface area (Å²) in [6.07, 6.45) is 5.89. The zero-order chi connectivity index (χ0) is 11.5. The molecule has 2 aromatic heterocycles. The first-order chi connectivity index (χ1) is 8.43. The number of thioether (sulfide) groups is 1. The number of rotatable bonds is 2. The van der Waals surface area contributed by atoms with E-state index in [1.165, 1.54) is 19.3 Å². The lowest BCUT2D eigenvalue weighted by molar-refractivity contribution is 0.706. The van der Waals surface area contributed by atoms with Gasteiger partial charge in [0.1, 0.15) is 0 Å². The number of aromatic nitrogens is 3. The lowest BCUT2D eigenvalue weighted by atomic mass is 10.2. The second kappa shape index (κ2) is 5.06. The summed E-state index contributed by atoms with van der Waals surface area (Å²) in [6, 6.07) is 6.00. The van der Waals surface area contributed by atoms with Crippen LogP contribution >= 0.6 is 11.8 Å². The molecule has 0 bridgehead atoms. The van der Waals surface area contributed by atoms with Gasteiger partial charge in [0, 0.05) is 18.0 Å². The van der Waals surface area contributed by atoms with Crippen molar-refractivity contribution in [2.45, 2.75) is 29.7 Å². The van der Waals surface area contributed by atoms with E-state index in [1.54, 1.807) is 0 Å². The molecule has 1 unspecified atom stereocenters. The molecule has 0 saturated carbocycles. The van der Waals surface area contributed by atoms with Crippen molar-refractivity contribution in [2.75, 3.05) is 13.1 Å². The van der Waals surface area contributed by atoms with Gasteiger partial charge in [-0.15, -0.1) is 10.2 Å². The fourth-order valence-electron chi connectivity index (χ4n) is 2.14. The molecule has 0 spiro atoms. The summed E-state index contributed by atoms with van der Waals surface area (Å²) in [7, 11) is 0. The molecule has 2 aromatic rings. The number of nitrogens with zero attached hydrogens (tertiary/aromatic N) is 3. The number of fused-ring (bicyclic) bond motifs is 1. The molecular formula is C12H16N4S. The van der Waals surface area contributed by atoms with E-state index in [4.69, 9.17) is 0 Å². The van der Waals surface area contributed by atoms with Crippen LogP contribution < -0.4 is 5.32 Å². The van der Waals surface area contributed by atoms with Crippen molar-refractivity contribution in [3.8, 4) is 0 Å². The van der Waals surface area contributed by atoms with E-state index in [1.807, 2.05) is 36.2 Å². The summed E-state index contributed by atoms with van der Waals surface area (Å²) >= 11 is 1.84. The van der Waals surface area contributed by atoms with Gasteiger partial charge in [0.25, 0.3) is 0 Å². The first-order valence-electron chi connectivity index (χ1n) is 6.10. The Morgan fingerprint density at radius 1 is 1.29 bits per heavy atom. The van der Waals surface area contributed by atoms with Crippen molar-refractivity contribution in [1.82, 2.24) is 19.9 Å². The Hall–Kier alpha value is -1.07. The lowest BCUT2D eigenvalue weighted by Gasteiger charge is -2.11. The number of hydrogen-bond acceptors (Lipinski definition) is 4. The van der Waals surface area contributed by atoms with Crippen LogP contribution in [-0.2, 0) is 0 Å². The van der Waals surface area contributed by atoms with Gasteiger partial charge in [0.2, 0.25) is 0 Å². The molecule has 1 aliphatic rings. The molecule has 3 heterocycles. The average Bonchev–Trinajstić information content (AvgIpc) is 2.59. The molecule has 5 heteroatoms. The third-order valence-corrected chi connectivity index (χ3v) is 4.28. The molecule has 90 valence electrons. The summed E-state index contributed by atoms with van der Waals surface area (Å²) in [5, 5.41) is 13.6. The molecule has 1 N–H and O–H groups in total. The van der Waals surface area contributed by atoms with Crippen molar-refractivity contribution >= 4 is 17.4 Å². The van der Waals surface area contributed by atoms with Crippen LogP contribution in [0.15, 0.2) is 29.6 Å². The molecule has 0 aromatic carbocycles. The van der Waals surface area contributed by atoms with Crippen LogP contribution in [0.2, 0.25) is 0 Å². The second-order valence-corrected chi connectivity index (χ2v) is 5.62. The highest BCUT2D eigenvalue weighted by Crippen LogP contribution is 2.26. The van der Waals surface area contributed by atoms with Gasteiger partial charge < -0.3 is 5.32 Å². The predicted octanol–water partition coefficient (Wildman–Crippen LogP) is 1.96. The minimum absolute atomic E-state index is 0.616. The molecule has 3 rings (SSSR count). The van der Waals surface area contributed by atoms with Crippen molar-refractivity contribution in [3.05, 3.63) is 24.4 Å². The Morgan fingerprint density at radius 2 is 2.29 bits per heavy atom. The summed E-state index contributed by atoms with van der Waals surface area (Å²) in [4.78, 5) is 0. The third-order valence-electron chi connectivity index (χ3n) is 3.06. The smallest absolute Gasteiger partial charge is 0.195 e. The van der Waals surface area contributed by atoms with Crippen LogP contribution in [0.3, 0.4) is 0 Å². The quantitative estimate of drug-likeness (QED) is 0.882. The summed E-state index contributed by atoms with van der Waals surface area (Å²) in [5.74, 6) is 0. The molecule has 1 fully saturated rings. The van der Waals surface area contributed by atoms with Crippen molar-refractivity contribution in [3.63, 3.8) is 0 Å². The first kappa shape index (κ1) is 11.0. The third kappa shape index (κ3) is 2.45. The standard InChI is InChI=1S/C12H16N4S/c1-3-7-13-9-10(5-1)17-12-15-14-11-6-2-4-8-16(11)12/h2,4,6,8,10,13H,1,3,5,7,9H2. The Morgan fingerprint density at radius 3 is 3.29 bits per heavy atom. The summed E-state index contributed by atoms with van der Waals surface area (Å²) < 4.78 is 2.07. The van der Waals surface area contributed by atoms with E-state index in [0.717, 1.165) is 23.9 Å². The fourth-order valence-corrected chi connectivity index (χ4v) is 3.28. The average molecular weight is 248 g/mol. The van der Waals surface area contributed by atoms with Crippen LogP contribution in [0.4, 0.5) is 0 Å². The molecule has 0 aliphatic carbocycles. The minimum Gasteiger partial charge on any atom is -0.316 e. The van der Waals surface area contributed by atoms with Gasteiger partial charge in [0.05, 0.1) is 0 Å². The van der Waals surface area contributed by atoms with E-state index in [-0.39, 0.29) is 0 Å². The Kier molecular flexibility index (Phi) is 3.29. The molecule has 0 amide bonds. The molecule has 0 radical (unpaired) electrons. The maximum atomic E-state index is 4.27. The fraction of sp³-hybridized carbons (Fsp3) is 0.500. The molecule has 1 atom stereocenters. The van der Waals surface area contributed by atoms with Gasteiger partial charge in [-0.1, -0.05) is 24.2 Å². The molecule has 4 nitrogen and oxygen atoms in total. The van der Waals surface area contributed by atoms with Gasteiger partial charge in [-0.25, -0.2) is 0 Å². The maximum absolute atomic E-state index is 4.27. The zero-order valence-corrected chi connectivity index (χ0v) is 10.5. The van der Waals surface area contributed by atoms with E-state index in [9.17, 15) is 0 Å². The number of pyridine rings is 1. The zero-order valence-electron chi connectivity index (χ0n) is 9.67. The SMILES string of the molecule is c1ccn2c(SC3CCCCNC3)nnc2c1. The van der Waals surface area contributed by atoms with Crippen molar-refractivity contribution in [2.24, 2.45) is 0 Å². The van der Waals surface area contributed by atoms with Crippen molar-refractivity contribution < 1.29 is 0 Å². The molecular weight excluding hydrogens is 232 g/mol. The highest BCUT2D eigenvalue weighted by atomic mass is 32.2. The van der Waals surface area contributed by atoms with E-state index in [2.05, 4.69) is 19.9 Å². The summed E-state index contributed by atoms with van der Waals surface area (Å²) in [5.41, 5.74) is 0.927. The largest absolute Gasteiger partial charge is 0.316 e. The van der Waals surface area contributed by atoms with E-state index in [0.29, 0.717) is 5.25 Å². The van der Waals surface area contributed by atoms with Crippen molar-refractivity contribution in [1.29, 1.82) is 0 Å². The van der Waals surface area contributed by atoms with Gasteiger partial charge in [-0.05, 0) is 31.5 Å². The van der Waals surface area contributed by atoms with E-state index < -0.39 is 0 Å². The molecule has 17 heavy (non-hydrogen) atoms. The number of nitrogens with one attached hydrogen (secondary N) is 1. The molecule has 1 aliphatic heterocycles. The van der Waals surface area contributed by atoms with Gasteiger partial charge >= 0.3 is 0 Å². The van der Waals surface area contributed by atoms with Crippen LogP contribution in [0.25, 0.3) is 5.65 Å². The topological polar surface area (TPSA) is 42.2 Å². The second-order valence-electron chi connectivity index (χ2n) is 4.35. The minimum atomic E-state index is 0.616. The van der Waals surface area contributed by atoms with E-state index >= 15 is 0 Å². The highest BCUT2D eigenvalue weighted by Gasteiger charge is 2.16. The lowest BCUT2D eigenvalue weighted by Crippen LogP contribution is -2.22. The first-order valence-corrected chi connectivity index (χ1v) is 6.98. The Bertz CT molecular complexity index is 488. The van der Waals surface area contributed by atoms with Gasteiger partial charge in [-0.3, -0.25) is 4.40 Å². The van der Waals surface area contributed by atoms with Gasteiger partial charge in [0.15, 0.2) is 10.8 Å². The van der Waals surface area contributed by atoms with Crippen LogP contribution in [0, 0.1) is 0 Å². The maximum Gasteiger partial charge on any atom is 0.195 e. The predicted molar refractivity (Wildman–Crippen MR) is 69.4 cm³/mol. The normalized spacial score (nSPS) is 21.5. The Balaban J connectivity index is 1.79. The van der Waals surface area contributed by atoms with Crippen LogP contribution in [-0.4, -0.2) is 32.9 Å². The monoisotopic (exact) mass is 248 g/mol. The highest BCUT2D eigenvalue weighted by molar-refractivity contribution is 7.99. The molecule has 1 saturated heterocycles. The van der Waals surface area contributed by atoms with Gasteiger partial charge in [-0.2, -0.15) is 0 Å². The number of hydrogen-bond donors (Lipinski definition) is 1.